The van der Waals surface area contributed by atoms with Gasteiger partial charge in [-0.15, -0.1) is 0 Å². The number of fused-ring (bicyclic) bond motifs is 1. The molecule has 0 radical (unpaired) electrons. The highest BCUT2D eigenvalue weighted by Crippen LogP contribution is 2.30. The topological polar surface area (TPSA) is 121 Å². The van der Waals surface area contributed by atoms with E-state index in [-0.39, 0.29) is 33.4 Å². The van der Waals surface area contributed by atoms with Crippen molar-refractivity contribution in [1.82, 2.24) is 4.90 Å². The van der Waals surface area contributed by atoms with Crippen molar-refractivity contribution in [3.63, 3.8) is 0 Å². The van der Waals surface area contributed by atoms with Gasteiger partial charge in [0.1, 0.15) is 30.5 Å². The Balaban J connectivity index is 1.42. The van der Waals surface area contributed by atoms with Gasteiger partial charge >= 0.3 is 0 Å². The molecule has 0 saturated carbocycles. The molecule has 0 spiro atoms. The zero-order chi connectivity index (χ0) is 25.9. The number of amides is 1. The van der Waals surface area contributed by atoms with Crippen molar-refractivity contribution in [3.05, 3.63) is 65.2 Å². The number of ether oxygens (including phenoxy) is 2. The Morgan fingerprint density at radius 1 is 1.08 bits per heavy atom. The number of nitrogens with zero attached hydrogens (tertiary/aromatic N) is 3. The molecule has 9 nitrogen and oxygen atoms in total. The normalized spacial score (nSPS) is 16.8. The van der Waals surface area contributed by atoms with Crippen LogP contribution in [0.1, 0.15) is 25.0 Å². The quantitative estimate of drug-likeness (QED) is 0.312. The third kappa shape index (κ3) is 5.85. The number of rotatable bonds is 8. The lowest BCUT2D eigenvalue weighted by Crippen LogP contribution is -2.46. The predicted octanol–water partition coefficient (Wildman–Crippen LogP) is 4.10. The van der Waals surface area contributed by atoms with Crippen LogP contribution < -0.4 is 9.47 Å². The van der Waals surface area contributed by atoms with Gasteiger partial charge in [-0.3, -0.25) is 10.2 Å². The maximum Gasteiger partial charge on any atom is 0.283 e. The van der Waals surface area contributed by atoms with Crippen molar-refractivity contribution in [2.24, 2.45) is 15.3 Å². The van der Waals surface area contributed by atoms with Gasteiger partial charge in [0, 0.05) is 0 Å². The van der Waals surface area contributed by atoms with Crippen LogP contribution in [0.3, 0.4) is 0 Å². The molecule has 2 aliphatic rings. The summed E-state index contributed by atoms with van der Waals surface area (Å²) in [5.41, 5.74) is 1.74. The molecule has 188 valence electrons. The molecule has 0 fully saturated rings. The molecule has 2 aliphatic heterocycles. The fraction of sp³-hybridized carbons (Fsp3) is 0.280. The number of nitrogens with one attached hydrogen (secondary N) is 1. The Hall–Kier alpha value is -3.44. The summed E-state index contributed by atoms with van der Waals surface area (Å²) < 4.78 is 40.9. The Morgan fingerprint density at radius 2 is 1.78 bits per heavy atom. The van der Waals surface area contributed by atoms with Crippen molar-refractivity contribution >= 4 is 49.9 Å². The van der Waals surface area contributed by atoms with Crippen LogP contribution in [0.4, 0.5) is 0 Å². The highest BCUT2D eigenvalue weighted by atomic mass is 32.2. The fourth-order valence-corrected chi connectivity index (χ4v) is 6.30. The van der Waals surface area contributed by atoms with Crippen molar-refractivity contribution in [1.29, 1.82) is 5.41 Å². The molecular formula is C25H26N4O5S2. The largest absolute Gasteiger partial charge is 0.490 e. The lowest BCUT2D eigenvalue weighted by Gasteiger charge is -2.24. The molecule has 2 aromatic carbocycles. The molecule has 1 amide bonds. The minimum absolute atomic E-state index is 0.0195. The predicted molar refractivity (Wildman–Crippen MR) is 142 cm³/mol. The van der Waals surface area contributed by atoms with Crippen molar-refractivity contribution in [3.8, 4) is 11.5 Å². The second kappa shape index (κ2) is 10.7. The van der Waals surface area contributed by atoms with Crippen molar-refractivity contribution in [2.45, 2.75) is 20.8 Å². The summed E-state index contributed by atoms with van der Waals surface area (Å²) in [5.74, 6) is 0.288. The molecule has 0 unspecified atom stereocenters. The Kier molecular flexibility index (Phi) is 7.60. The molecule has 2 heterocycles. The third-order valence-corrected chi connectivity index (χ3v) is 7.88. The van der Waals surface area contributed by atoms with Crippen LogP contribution in [0, 0.1) is 18.3 Å². The van der Waals surface area contributed by atoms with E-state index in [2.05, 4.69) is 9.39 Å². The van der Waals surface area contributed by atoms with Gasteiger partial charge in [0.15, 0.2) is 0 Å². The smallest absolute Gasteiger partial charge is 0.283 e. The number of hydrogen-bond acceptors (Lipinski definition) is 8. The van der Waals surface area contributed by atoms with Crippen LogP contribution in [0.5, 0.6) is 11.5 Å². The first kappa shape index (κ1) is 25.6. The molecule has 0 bridgehead atoms. The van der Waals surface area contributed by atoms with Crippen molar-refractivity contribution in [2.75, 3.05) is 19.0 Å². The van der Waals surface area contributed by atoms with Crippen LogP contribution in [-0.4, -0.2) is 54.4 Å². The molecule has 0 aliphatic carbocycles. The fourth-order valence-electron chi connectivity index (χ4n) is 3.56. The summed E-state index contributed by atoms with van der Waals surface area (Å²) in [6.07, 6.45) is 1.51. The number of hydrogen-bond donors (Lipinski definition) is 1. The molecule has 0 aromatic heterocycles. The van der Waals surface area contributed by atoms with Crippen LogP contribution in [0.15, 0.2) is 63.5 Å². The van der Waals surface area contributed by atoms with E-state index in [1.807, 2.05) is 31.2 Å². The van der Waals surface area contributed by atoms with Gasteiger partial charge in [0.2, 0.25) is 20.2 Å². The average molecular weight is 527 g/mol. The maximum atomic E-state index is 12.8. The van der Waals surface area contributed by atoms with E-state index >= 15 is 0 Å². The molecule has 4 rings (SSSR count). The van der Waals surface area contributed by atoms with E-state index < -0.39 is 15.7 Å². The van der Waals surface area contributed by atoms with Crippen molar-refractivity contribution < 1.29 is 22.7 Å². The SMILES string of the molecule is Cc1cccc(OCCOc2ccc(/C=C3/C(=N)N4C(=NC3=O)SN=C4S(=O)(=O)CC(C)C)cc2)c1. The highest BCUT2D eigenvalue weighted by Gasteiger charge is 2.42. The van der Waals surface area contributed by atoms with E-state index in [0.29, 0.717) is 24.5 Å². The molecule has 1 N–H and O–H groups in total. The summed E-state index contributed by atoms with van der Waals surface area (Å²) in [4.78, 5) is 17.7. The molecule has 36 heavy (non-hydrogen) atoms. The van der Waals surface area contributed by atoms with Crippen LogP contribution in [-0.2, 0) is 14.6 Å². The summed E-state index contributed by atoms with van der Waals surface area (Å²) in [6, 6.07) is 14.8. The van der Waals surface area contributed by atoms with E-state index in [0.717, 1.165) is 28.2 Å². The molecule has 0 atom stereocenters. The van der Waals surface area contributed by atoms with E-state index in [9.17, 15) is 13.2 Å². The number of carbonyl (C=O) groups excluding carboxylic acids is 1. The summed E-state index contributed by atoms with van der Waals surface area (Å²) in [6.45, 7) is 6.32. The first-order chi connectivity index (χ1) is 17.1. The standard InChI is InChI=1S/C25H26N4O5S2/c1-16(2)15-36(31,32)25-28-35-24-27-23(30)21(22(26)29(24)25)14-18-7-9-19(10-8-18)33-11-12-34-20-6-4-5-17(3)13-20/h4-10,13-14,16,26H,11-12,15H2,1-3H3/b21-14-,26-22?. The monoisotopic (exact) mass is 526 g/mol. The summed E-state index contributed by atoms with van der Waals surface area (Å²) >= 11 is 0.784. The Morgan fingerprint density at radius 3 is 2.44 bits per heavy atom. The van der Waals surface area contributed by atoms with E-state index in [1.165, 1.54) is 6.08 Å². The average Bonchev–Trinajstić information content (AvgIpc) is 3.25. The Labute approximate surface area is 214 Å². The Bertz CT molecular complexity index is 1380. The zero-order valence-corrected chi connectivity index (χ0v) is 21.7. The summed E-state index contributed by atoms with van der Waals surface area (Å²) in [7, 11) is -3.74. The van der Waals surface area contributed by atoms with Gasteiger partial charge in [-0.2, -0.15) is 9.39 Å². The van der Waals surface area contributed by atoms with Gasteiger partial charge in [0.05, 0.1) is 23.3 Å². The lowest BCUT2D eigenvalue weighted by atomic mass is 10.1. The molecular weight excluding hydrogens is 500 g/mol. The lowest BCUT2D eigenvalue weighted by molar-refractivity contribution is -0.114. The van der Waals surface area contributed by atoms with Gasteiger partial charge in [-0.1, -0.05) is 38.1 Å². The zero-order valence-electron chi connectivity index (χ0n) is 20.1. The van der Waals surface area contributed by atoms with E-state index in [4.69, 9.17) is 14.9 Å². The summed E-state index contributed by atoms with van der Waals surface area (Å²) in [5, 5.41) is 8.35. The first-order valence-electron chi connectivity index (χ1n) is 11.3. The minimum atomic E-state index is -3.74. The number of aliphatic imine (C=N–C) groups is 1. The van der Waals surface area contributed by atoms with Crippen LogP contribution in [0.2, 0.25) is 0 Å². The molecule has 0 saturated heterocycles. The number of aryl methyl sites for hydroxylation is 1. The van der Waals surface area contributed by atoms with Gasteiger partial charge in [0.25, 0.3) is 5.91 Å². The van der Waals surface area contributed by atoms with Crippen LogP contribution >= 0.6 is 11.9 Å². The molecule has 11 heteroatoms. The van der Waals surface area contributed by atoms with E-state index in [1.54, 1.807) is 38.1 Å². The van der Waals surface area contributed by atoms with Gasteiger partial charge in [-0.25, -0.2) is 13.3 Å². The first-order valence-corrected chi connectivity index (χ1v) is 13.7. The minimum Gasteiger partial charge on any atom is -0.490 e. The van der Waals surface area contributed by atoms with Crippen LogP contribution in [0.25, 0.3) is 6.08 Å². The third-order valence-electron chi connectivity index (χ3n) is 5.13. The van der Waals surface area contributed by atoms with Gasteiger partial charge in [-0.05, 0) is 54.3 Å². The number of benzene rings is 2. The number of sulfone groups is 1. The van der Waals surface area contributed by atoms with Gasteiger partial charge < -0.3 is 9.47 Å². The second-order valence-corrected chi connectivity index (χ2v) is 11.3. The maximum absolute atomic E-state index is 12.8. The number of carbonyl (C=O) groups is 1. The number of amidine groups is 3. The highest BCUT2D eigenvalue weighted by molar-refractivity contribution is 8.16. The molecule has 2 aromatic rings. The second-order valence-electron chi connectivity index (χ2n) is 8.66.